The third-order valence-electron chi connectivity index (χ3n) is 2.61. The van der Waals surface area contributed by atoms with E-state index in [0.29, 0.717) is 5.02 Å². The van der Waals surface area contributed by atoms with Crippen molar-refractivity contribution >= 4 is 33.3 Å². The van der Waals surface area contributed by atoms with Crippen LogP contribution >= 0.6 is 11.6 Å². The van der Waals surface area contributed by atoms with Crippen LogP contribution in [0.4, 0.5) is 0 Å². The third-order valence-corrected chi connectivity index (χ3v) is 4.48. The Bertz CT molecular complexity index is 612. The quantitative estimate of drug-likeness (QED) is 0.875. The van der Waals surface area contributed by atoms with Gasteiger partial charge in [-0.05, 0) is 24.3 Å². The van der Waals surface area contributed by atoms with E-state index in [-0.39, 0.29) is 23.8 Å². The lowest BCUT2D eigenvalue weighted by molar-refractivity contribution is -0.134. The van der Waals surface area contributed by atoms with Gasteiger partial charge in [0.1, 0.15) is 5.75 Å². The number of hydrogen-bond acceptors (Lipinski definition) is 4. The van der Waals surface area contributed by atoms with Gasteiger partial charge in [0.15, 0.2) is 9.84 Å². The molecule has 0 saturated carbocycles. The number of carbonyl (C=O) groups excluding carboxylic acids is 2. The van der Waals surface area contributed by atoms with Gasteiger partial charge < -0.3 is 0 Å². The Morgan fingerprint density at radius 1 is 1.32 bits per heavy atom. The molecule has 8 heteroatoms. The van der Waals surface area contributed by atoms with E-state index in [4.69, 9.17) is 11.6 Å². The van der Waals surface area contributed by atoms with Crippen LogP contribution in [-0.2, 0) is 19.4 Å². The van der Waals surface area contributed by atoms with E-state index in [9.17, 15) is 18.0 Å². The normalized spacial score (nSPS) is 15.4. The van der Waals surface area contributed by atoms with Crippen LogP contribution in [0.2, 0.25) is 5.02 Å². The summed E-state index contributed by atoms with van der Waals surface area (Å²) in [7, 11) is -3.73. The van der Waals surface area contributed by atoms with Crippen LogP contribution in [0.25, 0.3) is 0 Å². The average molecular weight is 303 g/mol. The Morgan fingerprint density at radius 3 is 2.47 bits per heavy atom. The smallest absolute Gasteiger partial charge is 0.256 e. The Morgan fingerprint density at radius 2 is 1.95 bits per heavy atom. The van der Waals surface area contributed by atoms with Crippen molar-refractivity contribution in [2.75, 3.05) is 12.3 Å². The van der Waals surface area contributed by atoms with Crippen molar-refractivity contribution in [3.05, 3.63) is 29.3 Å². The lowest BCUT2D eigenvalue weighted by atomic mass is 10.4. The molecule has 0 radical (unpaired) electrons. The van der Waals surface area contributed by atoms with Gasteiger partial charge >= 0.3 is 0 Å². The first kappa shape index (κ1) is 13.8. The fourth-order valence-corrected chi connectivity index (χ4v) is 2.95. The predicted octanol–water partition coefficient (Wildman–Crippen LogP) is 0.377. The Hall–Kier alpha value is -1.60. The van der Waals surface area contributed by atoms with Gasteiger partial charge in [0.05, 0.1) is 11.4 Å². The highest BCUT2D eigenvalue weighted by atomic mass is 35.5. The molecular formula is C11H11ClN2O4S. The zero-order valence-electron chi connectivity index (χ0n) is 9.80. The molecule has 1 aliphatic heterocycles. The molecule has 0 atom stereocenters. The summed E-state index contributed by atoms with van der Waals surface area (Å²) in [4.78, 5) is 22.7. The summed E-state index contributed by atoms with van der Waals surface area (Å²) in [5, 5.41) is 1.44. The molecule has 1 aromatic carbocycles. The highest BCUT2D eigenvalue weighted by Gasteiger charge is 2.28. The summed E-state index contributed by atoms with van der Waals surface area (Å²) in [5.74, 6) is -1.63. The average Bonchev–Trinajstić information content (AvgIpc) is 2.76. The number of benzene rings is 1. The Labute approximate surface area is 115 Å². The monoisotopic (exact) mass is 302 g/mol. The van der Waals surface area contributed by atoms with Crippen molar-refractivity contribution in [3.63, 3.8) is 0 Å². The van der Waals surface area contributed by atoms with Gasteiger partial charge in [0.25, 0.3) is 5.91 Å². The molecule has 2 amide bonds. The molecule has 102 valence electrons. The number of halogens is 1. The van der Waals surface area contributed by atoms with Crippen molar-refractivity contribution in [1.29, 1.82) is 0 Å². The first-order chi connectivity index (χ1) is 8.88. The fraction of sp³-hybridized carbons (Fsp3) is 0.273. The number of sulfone groups is 1. The molecule has 1 heterocycles. The molecule has 2 rings (SSSR count). The molecule has 0 spiro atoms. The van der Waals surface area contributed by atoms with E-state index >= 15 is 0 Å². The summed E-state index contributed by atoms with van der Waals surface area (Å²) in [6.07, 6.45) is 0.187. The third kappa shape index (κ3) is 3.24. The minimum atomic E-state index is -3.73. The molecule has 0 bridgehead atoms. The number of nitrogens with one attached hydrogen (secondary N) is 1. The second-order valence-electron chi connectivity index (χ2n) is 4.04. The van der Waals surface area contributed by atoms with Crippen molar-refractivity contribution in [2.45, 2.75) is 11.3 Å². The molecule has 1 N–H and O–H groups in total. The summed E-state index contributed by atoms with van der Waals surface area (Å²) in [5.41, 5.74) is 2.30. The number of rotatable bonds is 3. The lowest BCUT2D eigenvalue weighted by Crippen LogP contribution is -2.41. The maximum absolute atomic E-state index is 12.0. The van der Waals surface area contributed by atoms with Crippen molar-refractivity contribution < 1.29 is 18.0 Å². The Balaban J connectivity index is 2.11. The molecule has 0 unspecified atom stereocenters. The predicted molar refractivity (Wildman–Crippen MR) is 68.0 cm³/mol. The van der Waals surface area contributed by atoms with Crippen LogP contribution in [0.3, 0.4) is 0 Å². The van der Waals surface area contributed by atoms with Crippen molar-refractivity contribution in [3.8, 4) is 0 Å². The first-order valence-electron chi connectivity index (χ1n) is 5.47. The van der Waals surface area contributed by atoms with Gasteiger partial charge in [-0.25, -0.2) is 8.42 Å². The standard InChI is InChI=1S/C11H11ClN2O4S/c12-8-1-3-9(4-2-8)19(17,18)7-11(16)14-6-5-10(15)13-14/h1-4H,5-7H2,(H,13,15). The van der Waals surface area contributed by atoms with Gasteiger partial charge in [0, 0.05) is 11.4 Å². The molecule has 6 nitrogen and oxygen atoms in total. The topological polar surface area (TPSA) is 83.6 Å². The molecule has 1 fully saturated rings. The number of hydrogen-bond donors (Lipinski definition) is 1. The molecule has 0 aromatic heterocycles. The zero-order valence-corrected chi connectivity index (χ0v) is 11.4. The van der Waals surface area contributed by atoms with Crippen LogP contribution in [0, 0.1) is 0 Å². The van der Waals surface area contributed by atoms with Gasteiger partial charge in [-0.2, -0.15) is 0 Å². The maximum atomic E-state index is 12.0. The van der Waals surface area contributed by atoms with Crippen LogP contribution in [0.1, 0.15) is 6.42 Å². The number of carbonyl (C=O) groups is 2. The molecule has 1 saturated heterocycles. The summed E-state index contributed by atoms with van der Waals surface area (Å²) < 4.78 is 24.0. The van der Waals surface area contributed by atoms with E-state index in [0.717, 1.165) is 5.01 Å². The number of amides is 2. The second kappa shape index (κ2) is 5.18. The Kier molecular flexibility index (Phi) is 3.77. The van der Waals surface area contributed by atoms with E-state index in [2.05, 4.69) is 5.43 Å². The molecular weight excluding hydrogens is 292 g/mol. The molecule has 1 aliphatic rings. The van der Waals surface area contributed by atoms with Crippen LogP contribution in [0.5, 0.6) is 0 Å². The lowest BCUT2D eigenvalue weighted by Gasteiger charge is -2.14. The highest BCUT2D eigenvalue weighted by Crippen LogP contribution is 2.16. The second-order valence-corrected chi connectivity index (χ2v) is 6.47. The van der Waals surface area contributed by atoms with Crippen molar-refractivity contribution in [1.82, 2.24) is 10.4 Å². The molecule has 1 aromatic rings. The van der Waals surface area contributed by atoms with Crippen molar-refractivity contribution in [2.24, 2.45) is 0 Å². The zero-order chi connectivity index (χ0) is 14.0. The molecule has 0 aliphatic carbocycles. The largest absolute Gasteiger partial charge is 0.273 e. The van der Waals surface area contributed by atoms with Gasteiger partial charge in [0.2, 0.25) is 5.91 Å². The number of nitrogens with zero attached hydrogens (tertiary/aromatic N) is 1. The van der Waals surface area contributed by atoms with Gasteiger partial charge in [-0.15, -0.1) is 0 Å². The van der Waals surface area contributed by atoms with Gasteiger partial charge in [-0.1, -0.05) is 11.6 Å². The van der Waals surface area contributed by atoms with E-state index in [1.165, 1.54) is 24.3 Å². The summed E-state index contributed by atoms with van der Waals surface area (Å²) >= 11 is 5.67. The summed E-state index contributed by atoms with van der Waals surface area (Å²) in [6.45, 7) is 0.188. The summed E-state index contributed by atoms with van der Waals surface area (Å²) in [6, 6.07) is 5.56. The maximum Gasteiger partial charge on any atom is 0.256 e. The minimum Gasteiger partial charge on any atom is -0.273 e. The van der Waals surface area contributed by atoms with E-state index in [1.54, 1.807) is 0 Å². The van der Waals surface area contributed by atoms with Gasteiger partial charge in [-0.3, -0.25) is 20.0 Å². The van der Waals surface area contributed by atoms with Crippen LogP contribution in [0.15, 0.2) is 29.2 Å². The van der Waals surface area contributed by atoms with Crippen LogP contribution < -0.4 is 5.43 Å². The van der Waals surface area contributed by atoms with Crippen LogP contribution in [-0.4, -0.2) is 37.5 Å². The van der Waals surface area contributed by atoms with E-state index in [1.807, 2.05) is 0 Å². The molecule has 19 heavy (non-hydrogen) atoms. The fourth-order valence-electron chi connectivity index (χ4n) is 1.63. The highest BCUT2D eigenvalue weighted by molar-refractivity contribution is 7.92. The first-order valence-corrected chi connectivity index (χ1v) is 7.50. The SMILES string of the molecule is O=C1CCN(C(=O)CS(=O)(=O)c2ccc(Cl)cc2)N1. The van der Waals surface area contributed by atoms with E-state index < -0.39 is 21.5 Å². The number of hydrazine groups is 1. The minimum absolute atomic E-state index is 0.0239.